The molecule has 1 aliphatic heterocycles. The van der Waals surface area contributed by atoms with Crippen molar-refractivity contribution in [3.8, 4) is 0 Å². The molecule has 0 aromatic rings. The topological polar surface area (TPSA) is 46.1 Å². The van der Waals surface area contributed by atoms with Crippen LogP contribution in [0.2, 0.25) is 0 Å². The van der Waals surface area contributed by atoms with E-state index < -0.39 is 0 Å². The predicted octanol–water partition coefficient (Wildman–Crippen LogP) is 1.88. The van der Waals surface area contributed by atoms with Gasteiger partial charge in [0.15, 0.2) is 5.96 Å². The fourth-order valence-corrected chi connectivity index (χ4v) is 2.14. The Morgan fingerprint density at radius 3 is 2.40 bits per heavy atom. The lowest BCUT2D eigenvalue weighted by molar-refractivity contribution is 0.0497. The average molecular weight is 285 g/mol. The van der Waals surface area contributed by atoms with Crippen LogP contribution in [-0.4, -0.2) is 63.5 Å². The lowest BCUT2D eigenvalue weighted by atomic mass is 10.4. The number of likely N-dealkylation sites (tertiary alicyclic amines) is 1. The minimum atomic E-state index is 0.666. The second-order valence-corrected chi connectivity index (χ2v) is 5.01. The molecule has 1 fully saturated rings. The average Bonchev–Trinajstić information content (AvgIpc) is 2.98. The zero-order valence-electron chi connectivity index (χ0n) is 13.2. The first-order valence-corrected chi connectivity index (χ1v) is 8.07. The van der Waals surface area contributed by atoms with Crippen LogP contribution >= 0.6 is 0 Å². The lowest BCUT2D eigenvalue weighted by Crippen LogP contribution is -2.39. The van der Waals surface area contributed by atoms with Crippen LogP contribution in [-0.2, 0) is 9.47 Å². The monoisotopic (exact) mass is 285 g/mol. The molecule has 5 heteroatoms. The molecule has 20 heavy (non-hydrogen) atoms. The van der Waals surface area contributed by atoms with Crippen molar-refractivity contribution in [2.24, 2.45) is 4.99 Å². The number of hydrogen-bond donors (Lipinski definition) is 1. The fourth-order valence-electron chi connectivity index (χ4n) is 2.14. The molecule has 1 heterocycles. The summed E-state index contributed by atoms with van der Waals surface area (Å²) in [6.07, 6.45) is 4.86. The van der Waals surface area contributed by atoms with Crippen LogP contribution in [0.1, 0.15) is 39.5 Å². The van der Waals surface area contributed by atoms with E-state index in [1.54, 1.807) is 0 Å². The van der Waals surface area contributed by atoms with E-state index in [2.05, 4.69) is 29.1 Å². The maximum Gasteiger partial charge on any atom is 0.193 e. The zero-order chi connectivity index (χ0) is 14.5. The SMILES string of the molecule is CCCCOCCOCCN=C(NCC)N1CCCC1. The third kappa shape index (κ3) is 7.70. The first kappa shape index (κ1) is 17.2. The zero-order valence-corrected chi connectivity index (χ0v) is 13.2. The van der Waals surface area contributed by atoms with Gasteiger partial charge in [-0.2, -0.15) is 0 Å². The Morgan fingerprint density at radius 1 is 1.05 bits per heavy atom. The van der Waals surface area contributed by atoms with Gasteiger partial charge in [-0.25, -0.2) is 0 Å². The van der Waals surface area contributed by atoms with Gasteiger partial charge in [-0.05, 0) is 26.2 Å². The Kier molecular flexibility index (Phi) is 10.3. The van der Waals surface area contributed by atoms with Gasteiger partial charge in [0.2, 0.25) is 0 Å². The normalized spacial score (nSPS) is 15.9. The van der Waals surface area contributed by atoms with Crippen molar-refractivity contribution in [1.29, 1.82) is 0 Å². The minimum Gasteiger partial charge on any atom is -0.379 e. The molecule has 1 aliphatic rings. The smallest absolute Gasteiger partial charge is 0.193 e. The summed E-state index contributed by atoms with van der Waals surface area (Å²) in [7, 11) is 0. The summed E-state index contributed by atoms with van der Waals surface area (Å²) < 4.78 is 11.0. The van der Waals surface area contributed by atoms with E-state index in [-0.39, 0.29) is 0 Å². The van der Waals surface area contributed by atoms with Crippen LogP contribution in [0.3, 0.4) is 0 Å². The molecule has 0 unspecified atom stereocenters. The Hall–Kier alpha value is -0.810. The number of nitrogens with zero attached hydrogens (tertiary/aromatic N) is 2. The summed E-state index contributed by atoms with van der Waals surface area (Å²) >= 11 is 0. The molecule has 118 valence electrons. The summed E-state index contributed by atoms with van der Waals surface area (Å²) in [4.78, 5) is 6.94. The maximum absolute atomic E-state index is 5.53. The van der Waals surface area contributed by atoms with Crippen molar-refractivity contribution in [2.45, 2.75) is 39.5 Å². The predicted molar refractivity (Wildman–Crippen MR) is 83.3 cm³/mol. The van der Waals surface area contributed by atoms with Crippen LogP contribution in [0.4, 0.5) is 0 Å². The molecule has 0 radical (unpaired) electrons. The van der Waals surface area contributed by atoms with Crippen molar-refractivity contribution in [1.82, 2.24) is 10.2 Å². The van der Waals surface area contributed by atoms with E-state index in [1.165, 1.54) is 19.3 Å². The lowest BCUT2D eigenvalue weighted by Gasteiger charge is -2.20. The molecule has 0 amide bonds. The van der Waals surface area contributed by atoms with E-state index in [4.69, 9.17) is 9.47 Å². The Bertz CT molecular complexity index is 254. The van der Waals surface area contributed by atoms with Gasteiger partial charge in [0.05, 0.1) is 26.4 Å². The first-order chi connectivity index (χ1) is 9.88. The molecule has 0 spiro atoms. The number of nitrogens with one attached hydrogen (secondary N) is 1. The molecule has 1 saturated heterocycles. The van der Waals surface area contributed by atoms with Gasteiger partial charge >= 0.3 is 0 Å². The highest BCUT2D eigenvalue weighted by atomic mass is 16.5. The van der Waals surface area contributed by atoms with Crippen LogP contribution in [0.5, 0.6) is 0 Å². The molecule has 0 aromatic heterocycles. The third-order valence-corrected chi connectivity index (χ3v) is 3.25. The molecule has 5 nitrogen and oxygen atoms in total. The Morgan fingerprint density at radius 2 is 1.75 bits per heavy atom. The largest absolute Gasteiger partial charge is 0.379 e. The molecule has 1 rings (SSSR count). The third-order valence-electron chi connectivity index (χ3n) is 3.25. The summed E-state index contributed by atoms with van der Waals surface area (Å²) in [5, 5.41) is 3.35. The Balaban J connectivity index is 2.05. The van der Waals surface area contributed by atoms with Gasteiger partial charge < -0.3 is 19.7 Å². The molecule has 1 N–H and O–H groups in total. The van der Waals surface area contributed by atoms with Crippen LogP contribution in [0.25, 0.3) is 0 Å². The number of aliphatic imine (C=N–C) groups is 1. The summed E-state index contributed by atoms with van der Waals surface area (Å²) in [6.45, 7) is 11.0. The van der Waals surface area contributed by atoms with Gasteiger partial charge in [-0.15, -0.1) is 0 Å². The number of ether oxygens (including phenoxy) is 2. The van der Waals surface area contributed by atoms with Gasteiger partial charge in [0.1, 0.15) is 0 Å². The van der Waals surface area contributed by atoms with Crippen molar-refractivity contribution >= 4 is 5.96 Å². The van der Waals surface area contributed by atoms with Gasteiger partial charge in [-0.3, -0.25) is 4.99 Å². The van der Waals surface area contributed by atoms with E-state index >= 15 is 0 Å². The number of hydrogen-bond acceptors (Lipinski definition) is 3. The van der Waals surface area contributed by atoms with Crippen LogP contribution in [0, 0.1) is 0 Å². The van der Waals surface area contributed by atoms with Crippen LogP contribution in [0.15, 0.2) is 4.99 Å². The molecule has 0 bridgehead atoms. The molecular formula is C15H31N3O2. The summed E-state index contributed by atoms with van der Waals surface area (Å²) in [6, 6.07) is 0. The second kappa shape index (κ2) is 12.0. The minimum absolute atomic E-state index is 0.666. The van der Waals surface area contributed by atoms with Crippen molar-refractivity contribution in [3.63, 3.8) is 0 Å². The quantitative estimate of drug-likeness (QED) is 0.378. The van der Waals surface area contributed by atoms with Gasteiger partial charge in [0, 0.05) is 26.2 Å². The fraction of sp³-hybridized carbons (Fsp3) is 0.933. The summed E-state index contributed by atoms with van der Waals surface area (Å²) in [5.41, 5.74) is 0. The first-order valence-electron chi connectivity index (χ1n) is 8.07. The van der Waals surface area contributed by atoms with Crippen molar-refractivity contribution in [3.05, 3.63) is 0 Å². The van der Waals surface area contributed by atoms with Crippen LogP contribution < -0.4 is 5.32 Å². The van der Waals surface area contributed by atoms with Crippen molar-refractivity contribution < 1.29 is 9.47 Å². The number of guanidine groups is 1. The molecular weight excluding hydrogens is 254 g/mol. The number of unbranched alkanes of at least 4 members (excludes halogenated alkanes) is 1. The summed E-state index contributed by atoms with van der Waals surface area (Å²) in [5.74, 6) is 1.03. The van der Waals surface area contributed by atoms with E-state index in [0.29, 0.717) is 26.4 Å². The maximum atomic E-state index is 5.53. The highest BCUT2D eigenvalue weighted by Gasteiger charge is 2.14. The van der Waals surface area contributed by atoms with E-state index in [1.807, 2.05) is 0 Å². The Labute approximate surface area is 123 Å². The highest BCUT2D eigenvalue weighted by molar-refractivity contribution is 5.80. The second-order valence-electron chi connectivity index (χ2n) is 5.01. The molecule has 0 aromatic carbocycles. The highest BCUT2D eigenvalue weighted by Crippen LogP contribution is 2.07. The standard InChI is InChI=1S/C15H31N3O2/c1-3-5-11-19-13-14-20-12-8-17-15(16-4-2)18-9-6-7-10-18/h3-14H2,1-2H3,(H,16,17). The molecule has 0 aliphatic carbocycles. The van der Waals surface area contributed by atoms with Crippen molar-refractivity contribution in [2.75, 3.05) is 52.6 Å². The van der Waals surface area contributed by atoms with Gasteiger partial charge in [0.25, 0.3) is 0 Å². The van der Waals surface area contributed by atoms with E-state index in [9.17, 15) is 0 Å². The van der Waals surface area contributed by atoms with Gasteiger partial charge in [-0.1, -0.05) is 13.3 Å². The van der Waals surface area contributed by atoms with E-state index in [0.717, 1.165) is 38.6 Å². The number of rotatable bonds is 10. The molecule has 0 atom stereocenters. The molecule has 0 saturated carbocycles.